The second-order valence-corrected chi connectivity index (χ2v) is 3.85. The summed E-state index contributed by atoms with van der Waals surface area (Å²) < 4.78 is 0. The smallest absolute Gasteiger partial charge is 0.151 e. The molecule has 78 valence electrons. The SMILES string of the molecule is CC(CCc1ccccc1)CC(O)O. The minimum Gasteiger partial charge on any atom is -0.368 e. The lowest BCUT2D eigenvalue weighted by Crippen LogP contribution is -2.10. The summed E-state index contributed by atoms with van der Waals surface area (Å²) in [5, 5.41) is 17.6. The van der Waals surface area contributed by atoms with E-state index < -0.39 is 6.29 Å². The van der Waals surface area contributed by atoms with Crippen molar-refractivity contribution < 1.29 is 10.2 Å². The van der Waals surface area contributed by atoms with E-state index >= 15 is 0 Å². The lowest BCUT2D eigenvalue weighted by atomic mass is 9.98. The van der Waals surface area contributed by atoms with E-state index in [-0.39, 0.29) is 0 Å². The lowest BCUT2D eigenvalue weighted by Gasteiger charge is -2.12. The van der Waals surface area contributed by atoms with Crippen molar-refractivity contribution in [3.8, 4) is 0 Å². The van der Waals surface area contributed by atoms with E-state index in [1.807, 2.05) is 25.1 Å². The molecule has 0 aliphatic heterocycles. The van der Waals surface area contributed by atoms with Crippen molar-refractivity contribution in [2.75, 3.05) is 0 Å². The van der Waals surface area contributed by atoms with Crippen LogP contribution in [-0.4, -0.2) is 16.5 Å². The van der Waals surface area contributed by atoms with Gasteiger partial charge in [-0.3, -0.25) is 0 Å². The Morgan fingerprint density at radius 3 is 2.36 bits per heavy atom. The molecule has 0 bridgehead atoms. The predicted octanol–water partition coefficient (Wildman–Crippen LogP) is 1.96. The summed E-state index contributed by atoms with van der Waals surface area (Å²) in [7, 11) is 0. The maximum absolute atomic E-state index is 8.78. The Hall–Kier alpha value is -0.860. The van der Waals surface area contributed by atoms with Crippen LogP contribution >= 0.6 is 0 Å². The zero-order valence-corrected chi connectivity index (χ0v) is 8.56. The first-order valence-electron chi connectivity index (χ1n) is 5.08. The quantitative estimate of drug-likeness (QED) is 0.703. The molecular formula is C12H18O2. The van der Waals surface area contributed by atoms with Crippen LogP contribution in [0.25, 0.3) is 0 Å². The Balaban J connectivity index is 2.27. The van der Waals surface area contributed by atoms with E-state index in [1.54, 1.807) is 0 Å². The molecule has 0 fully saturated rings. The summed E-state index contributed by atoms with van der Waals surface area (Å²) in [6, 6.07) is 10.3. The first-order valence-corrected chi connectivity index (χ1v) is 5.08. The Bertz CT molecular complexity index is 244. The number of rotatable bonds is 5. The van der Waals surface area contributed by atoms with Gasteiger partial charge in [0.1, 0.15) is 0 Å². The molecule has 2 N–H and O–H groups in total. The van der Waals surface area contributed by atoms with Crippen LogP contribution in [-0.2, 0) is 6.42 Å². The monoisotopic (exact) mass is 194 g/mol. The number of aliphatic hydroxyl groups excluding tert-OH is 1. The van der Waals surface area contributed by atoms with Crippen molar-refractivity contribution >= 4 is 0 Å². The van der Waals surface area contributed by atoms with Crippen molar-refractivity contribution in [1.82, 2.24) is 0 Å². The minimum absolute atomic E-state index is 0.357. The van der Waals surface area contributed by atoms with E-state index in [4.69, 9.17) is 10.2 Å². The zero-order valence-electron chi connectivity index (χ0n) is 8.56. The fraction of sp³-hybridized carbons (Fsp3) is 0.500. The summed E-state index contributed by atoms with van der Waals surface area (Å²) in [5.74, 6) is 0.357. The first kappa shape index (κ1) is 11.2. The van der Waals surface area contributed by atoms with Crippen molar-refractivity contribution in [2.45, 2.75) is 32.5 Å². The summed E-state index contributed by atoms with van der Waals surface area (Å²) in [6.45, 7) is 2.04. The Morgan fingerprint density at radius 2 is 1.79 bits per heavy atom. The van der Waals surface area contributed by atoms with Gasteiger partial charge in [-0.1, -0.05) is 37.3 Å². The van der Waals surface area contributed by atoms with Gasteiger partial charge in [-0.05, 0) is 24.3 Å². The van der Waals surface area contributed by atoms with Crippen LogP contribution in [0.5, 0.6) is 0 Å². The summed E-state index contributed by atoms with van der Waals surface area (Å²) in [5.41, 5.74) is 1.31. The highest BCUT2D eigenvalue weighted by Crippen LogP contribution is 2.13. The summed E-state index contributed by atoms with van der Waals surface area (Å²) >= 11 is 0. The van der Waals surface area contributed by atoms with Gasteiger partial charge in [0.05, 0.1) is 0 Å². The number of hydrogen-bond donors (Lipinski definition) is 2. The molecule has 0 amide bonds. The second kappa shape index (κ2) is 5.78. The number of hydrogen-bond acceptors (Lipinski definition) is 2. The summed E-state index contributed by atoms with van der Waals surface area (Å²) in [4.78, 5) is 0. The van der Waals surface area contributed by atoms with Gasteiger partial charge < -0.3 is 10.2 Å². The van der Waals surface area contributed by atoms with E-state index in [1.165, 1.54) is 5.56 Å². The van der Waals surface area contributed by atoms with Gasteiger partial charge >= 0.3 is 0 Å². The molecule has 0 aliphatic carbocycles. The van der Waals surface area contributed by atoms with Crippen LogP contribution in [0.3, 0.4) is 0 Å². The van der Waals surface area contributed by atoms with Gasteiger partial charge in [0.15, 0.2) is 6.29 Å². The summed E-state index contributed by atoms with van der Waals surface area (Å²) in [6.07, 6.45) is 1.31. The van der Waals surface area contributed by atoms with Crippen LogP contribution in [0.1, 0.15) is 25.3 Å². The molecule has 0 saturated carbocycles. The predicted molar refractivity (Wildman–Crippen MR) is 56.8 cm³/mol. The Kier molecular flexibility index (Phi) is 4.63. The Labute approximate surface area is 85.2 Å². The molecule has 1 unspecified atom stereocenters. The second-order valence-electron chi connectivity index (χ2n) is 3.85. The van der Waals surface area contributed by atoms with Gasteiger partial charge in [0, 0.05) is 6.42 Å². The molecule has 0 spiro atoms. The number of aliphatic hydroxyl groups is 2. The maximum Gasteiger partial charge on any atom is 0.151 e. The average Bonchev–Trinajstić information content (AvgIpc) is 2.15. The molecule has 14 heavy (non-hydrogen) atoms. The van der Waals surface area contributed by atoms with Crippen molar-refractivity contribution in [2.24, 2.45) is 5.92 Å². The molecule has 1 aromatic carbocycles. The van der Waals surface area contributed by atoms with Gasteiger partial charge in [0.2, 0.25) is 0 Å². The van der Waals surface area contributed by atoms with Crippen molar-refractivity contribution in [3.63, 3.8) is 0 Å². The van der Waals surface area contributed by atoms with Gasteiger partial charge in [-0.2, -0.15) is 0 Å². The molecular weight excluding hydrogens is 176 g/mol. The average molecular weight is 194 g/mol. The third-order valence-corrected chi connectivity index (χ3v) is 2.38. The van der Waals surface area contributed by atoms with E-state index in [9.17, 15) is 0 Å². The van der Waals surface area contributed by atoms with E-state index in [0.29, 0.717) is 12.3 Å². The molecule has 0 saturated heterocycles. The highest BCUT2D eigenvalue weighted by molar-refractivity contribution is 5.14. The number of benzene rings is 1. The first-order chi connectivity index (χ1) is 6.68. The topological polar surface area (TPSA) is 40.5 Å². The minimum atomic E-state index is -1.17. The molecule has 0 aromatic heterocycles. The highest BCUT2D eigenvalue weighted by atomic mass is 16.5. The molecule has 2 nitrogen and oxygen atoms in total. The molecule has 0 radical (unpaired) electrons. The van der Waals surface area contributed by atoms with Crippen LogP contribution in [0.4, 0.5) is 0 Å². The van der Waals surface area contributed by atoms with Crippen LogP contribution in [0, 0.1) is 5.92 Å². The van der Waals surface area contributed by atoms with Gasteiger partial charge in [0.25, 0.3) is 0 Å². The molecule has 0 aliphatic rings. The Morgan fingerprint density at radius 1 is 1.14 bits per heavy atom. The maximum atomic E-state index is 8.78. The van der Waals surface area contributed by atoms with Crippen LogP contribution in [0.15, 0.2) is 30.3 Å². The molecule has 1 aromatic rings. The van der Waals surface area contributed by atoms with Crippen molar-refractivity contribution in [3.05, 3.63) is 35.9 Å². The lowest BCUT2D eigenvalue weighted by molar-refractivity contribution is -0.0550. The van der Waals surface area contributed by atoms with Crippen molar-refractivity contribution in [1.29, 1.82) is 0 Å². The van der Waals surface area contributed by atoms with E-state index in [0.717, 1.165) is 12.8 Å². The highest BCUT2D eigenvalue weighted by Gasteiger charge is 2.06. The molecule has 0 heterocycles. The molecule has 1 atom stereocenters. The standard InChI is InChI=1S/C12H18O2/c1-10(9-12(13)14)7-8-11-5-3-2-4-6-11/h2-6,10,12-14H,7-9H2,1H3. The van der Waals surface area contributed by atoms with E-state index in [2.05, 4.69) is 12.1 Å². The van der Waals surface area contributed by atoms with Gasteiger partial charge in [-0.15, -0.1) is 0 Å². The third kappa shape index (κ3) is 4.40. The number of aryl methyl sites for hydroxylation is 1. The van der Waals surface area contributed by atoms with Crippen LogP contribution in [0.2, 0.25) is 0 Å². The third-order valence-electron chi connectivity index (χ3n) is 2.38. The fourth-order valence-electron chi connectivity index (χ4n) is 1.54. The zero-order chi connectivity index (χ0) is 10.4. The van der Waals surface area contributed by atoms with Crippen LogP contribution < -0.4 is 0 Å². The normalized spacial score (nSPS) is 13.1. The molecule has 1 rings (SSSR count). The fourth-order valence-corrected chi connectivity index (χ4v) is 1.54. The van der Waals surface area contributed by atoms with Gasteiger partial charge in [-0.25, -0.2) is 0 Å². The largest absolute Gasteiger partial charge is 0.368 e. The molecule has 2 heteroatoms.